The zero-order chi connectivity index (χ0) is 13.1. The van der Waals surface area contributed by atoms with E-state index in [4.69, 9.17) is 22.7 Å². The molecule has 1 aromatic rings. The molecule has 98 valence electrons. The third kappa shape index (κ3) is 3.19. The Balaban J connectivity index is 2.12. The van der Waals surface area contributed by atoms with Crippen LogP contribution in [0.25, 0.3) is 0 Å². The normalized spacial score (nSPS) is 23.7. The van der Waals surface area contributed by atoms with Crippen LogP contribution in [0.1, 0.15) is 43.9 Å². The Labute approximate surface area is 114 Å². The lowest BCUT2D eigenvalue weighted by Crippen LogP contribution is -2.25. The molecule has 2 N–H and O–H groups in total. The van der Waals surface area contributed by atoms with Gasteiger partial charge in [-0.2, -0.15) is 0 Å². The van der Waals surface area contributed by atoms with Gasteiger partial charge in [-0.3, -0.25) is 0 Å². The first-order chi connectivity index (χ1) is 8.56. The molecule has 0 atom stereocenters. The van der Waals surface area contributed by atoms with E-state index < -0.39 is 0 Å². The predicted octanol–water partition coefficient (Wildman–Crippen LogP) is 2.98. The first-order valence-electron chi connectivity index (χ1n) is 6.50. The summed E-state index contributed by atoms with van der Waals surface area (Å²) < 4.78 is 6.00. The second-order valence-electron chi connectivity index (χ2n) is 5.17. The second kappa shape index (κ2) is 5.65. The largest absolute Gasteiger partial charge is 0.474 e. The highest BCUT2D eigenvalue weighted by Crippen LogP contribution is 2.28. The maximum Gasteiger partial charge on any atom is 0.224 e. The van der Waals surface area contributed by atoms with Gasteiger partial charge in [-0.15, -0.1) is 0 Å². The number of rotatable bonds is 3. The summed E-state index contributed by atoms with van der Waals surface area (Å²) in [5.41, 5.74) is 7.37. The third-order valence-electron chi connectivity index (χ3n) is 3.51. The molecule has 2 rings (SSSR count). The van der Waals surface area contributed by atoms with E-state index in [-0.39, 0.29) is 6.10 Å². The Hall–Kier alpha value is -1.16. The molecule has 18 heavy (non-hydrogen) atoms. The molecule has 1 aromatic heterocycles. The molecule has 3 nitrogen and oxygen atoms in total. The summed E-state index contributed by atoms with van der Waals surface area (Å²) in [6.45, 7) is 4.24. The average molecular weight is 264 g/mol. The molecule has 1 saturated carbocycles. The first kappa shape index (κ1) is 13.3. The number of thiocarbonyl (C=S) groups is 1. The summed E-state index contributed by atoms with van der Waals surface area (Å²) in [5, 5.41) is 0. The molecule has 0 bridgehead atoms. The van der Waals surface area contributed by atoms with Crippen molar-refractivity contribution < 1.29 is 4.74 Å². The lowest BCUT2D eigenvalue weighted by atomic mass is 9.89. The average Bonchev–Trinajstić information content (AvgIpc) is 2.32. The van der Waals surface area contributed by atoms with E-state index in [2.05, 4.69) is 11.9 Å². The number of hydrogen-bond acceptors (Lipinski definition) is 3. The van der Waals surface area contributed by atoms with E-state index in [1.165, 1.54) is 12.8 Å². The van der Waals surface area contributed by atoms with Crippen molar-refractivity contribution in [2.45, 2.75) is 45.6 Å². The van der Waals surface area contributed by atoms with Crippen molar-refractivity contribution in [2.75, 3.05) is 0 Å². The lowest BCUT2D eigenvalue weighted by Gasteiger charge is -2.27. The van der Waals surface area contributed by atoms with Crippen molar-refractivity contribution in [1.29, 1.82) is 0 Å². The van der Waals surface area contributed by atoms with E-state index in [0.29, 0.717) is 10.9 Å². The van der Waals surface area contributed by atoms with Gasteiger partial charge in [-0.05, 0) is 50.7 Å². The summed E-state index contributed by atoms with van der Waals surface area (Å²) in [7, 11) is 0. The molecule has 0 unspecified atom stereocenters. The smallest absolute Gasteiger partial charge is 0.224 e. The fourth-order valence-corrected chi connectivity index (χ4v) is 2.47. The van der Waals surface area contributed by atoms with Crippen molar-refractivity contribution in [3.05, 3.63) is 23.4 Å². The Kier molecular flexibility index (Phi) is 4.17. The first-order valence-corrected chi connectivity index (χ1v) is 6.91. The highest BCUT2D eigenvalue weighted by Gasteiger charge is 2.21. The van der Waals surface area contributed by atoms with Gasteiger partial charge in [-0.1, -0.05) is 19.1 Å². The number of aryl methyl sites for hydroxylation is 1. The standard InChI is InChI=1S/C14H20N2OS/c1-9-3-6-11(7-4-9)17-14-12(13(15)18)8-5-10(2)16-14/h5,8-9,11H,3-4,6-7H2,1-2H3,(H2,15,18). The molecule has 0 spiro atoms. The maximum absolute atomic E-state index is 6.00. The zero-order valence-corrected chi connectivity index (χ0v) is 11.8. The minimum Gasteiger partial charge on any atom is -0.474 e. The molecule has 0 radical (unpaired) electrons. The van der Waals surface area contributed by atoms with Crippen LogP contribution in [0.2, 0.25) is 0 Å². The van der Waals surface area contributed by atoms with Crippen molar-refractivity contribution in [2.24, 2.45) is 11.7 Å². The number of aromatic nitrogens is 1. The van der Waals surface area contributed by atoms with Crippen LogP contribution in [-0.2, 0) is 0 Å². The van der Waals surface area contributed by atoms with Crippen molar-refractivity contribution in [3.63, 3.8) is 0 Å². The molecule has 1 aliphatic rings. The maximum atomic E-state index is 6.00. The summed E-state index contributed by atoms with van der Waals surface area (Å²) in [6.07, 6.45) is 4.88. The van der Waals surface area contributed by atoms with E-state index >= 15 is 0 Å². The molecule has 0 aliphatic heterocycles. The Morgan fingerprint density at radius 3 is 2.61 bits per heavy atom. The van der Waals surface area contributed by atoms with Gasteiger partial charge in [-0.25, -0.2) is 4.98 Å². The zero-order valence-electron chi connectivity index (χ0n) is 11.0. The van der Waals surface area contributed by atoms with Crippen LogP contribution in [0.5, 0.6) is 5.88 Å². The van der Waals surface area contributed by atoms with Crippen LogP contribution in [-0.4, -0.2) is 16.1 Å². The van der Waals surface area contributed by atoms with E-state index in [1.54, 1.807) is 0 Å². The van der Waals surface area contributed by atoms with Crippen molar-refractivity contribution in [3.8, 4) is 5.88 Å². The van der Waals surface area contributed by atoms with Crippen LogP contribution in [0.3, 0.4) is 0 Å². The number of nitrogens with two attached hydrogens (primary N) is 1. The van der Waals surface area contributed by atoms with Gasteiger partial charge in [0, 0.05) is 5.69 Å². The van der Waals surface area contributed by atoms with Crippen LogP contribution < -0.4 is 10.5 Å². The summed E-state index contributed by atoms with van der Waals surface area (Å²) in [4.78, 5) is 4.77. The molecule has 1 heterocycles. The number of ether oxygens (including phenoxy) is 1. The summed E-state index contributed by atoms with van der Waals surface area (Å²) >= 11 is 5.04. The van der Waals surface area contributed by atoms with Gasteiger partial charge in [0.15, 0.2) is 0 Å². The molecule has 1 fully saturated rings. The molecule has 0 saturated heterocycles. The van der Waals surface area contributed by atoms with Gasteiger partial charge in [0.1, 0.15) is 11.1 Å². The quantitative estimate of drug-likeness (QED) is 0.853. The fraction of sp³-hybridized carbons (Fsp3) is 0.571. The van der Waals surface area contributed by atoms with Gasteiger partial charge in [0.2, 0.25) is 5.88 Å². The monoisotopic (exact) mass is 264 g/mol. The lowest BCUT2D eigenvalue weighted by molar-refractivity contribution is 0.129. The Bertz CT molecular complexity index is 439. The van der Waals surface area contributed by atoms with Crippen molar-refractivity contribution >= 4 is 17.2 Å². The third-order valence-corrected chi connectivity index (χ3v) is 3.73. The minimum atomic E-state index is 0.253. The minimum absolute atomic E-state index is 0.253. The summed E-state index contributed by atoms with van der Waals surface area (Å²) in [5.74, 6) is 1.41. The second-order valence-corrected chi connectivity index (χ2v) is 5.61. The molecular formula is C14H20N2OS. The highest BCUT2D eigenvalue weighted by molar-refractivity contribution is 7.80. The van der Waals surface area contributed by atoms with Gasteiger partial charge in [0.05, 0.1) is 5.56 Å². The topological polar surface area (TPSA) is 48.1 Å². The van der Waals surface area contributed by atoms with E-state index in [9.17, 15) is 0 Å². The predicted molar refractivity (Wildman–Crippen MR) is 76.9 cm³/mol. The van der Waals surface area contributed by atoms with E-state index in [0.717, 1.165) is 30.0 Å². The molecule has 1 aliphatic carbocycles. The number of pyridine rings is 1. The van der Waals surface area contributed by atoms with Gasteiger partial charge >= 0.3 is 0 Å². The molecule has 4 heteroatoms. The SMILES string of the molecule is Cc1ccc(C(N)=S)c(OC2CCC(C)CC2)n1. The number of nitrogens with zero attached hydrogens (tertiary/aromatic N) is 1. The van der Waals surface area contributed by atoms with E-state index in [1.807, 2.05) is 19.1 Å². The van der Waals surface area contributed by atoms with Gasteiger partial charge in [0.25, 0.3) is 0 Å². The molecule has 0 aromatic carbocycles. The molecular weight excluding hydrogens is 244 g/mol. The van der Waals surface area contributed by atoms with Crippen LogP contribution in [0.4, 0.5) is 0 Å². The van der Waals surface area contributed by atoms with Gasteiger partial charge < -0.3 is 10.5 Å². The Morgan fingerprint density at radius 1 is 1.33 bits per heavy atom. The summed E-state index contributed by atoms with van der Waals surface area (Å²) in [6, 6.07) is 3.80. The molecule has 0 amide bonds. The fourth-order valence-electron chi connectivity index (χ4n) is 2.32. The Morgan fingerprint density at radius 2 is 2.00 bits per heavy atom. The highest BCUT2D eigenvalue weighted by atomic mass is 32.1. The number of hydrogen-bond donors (Lipinski definition) is 1. The van der Waals surface area contributed by atoms with Crippen LogP contribution >= 0.6 is 12.2 Å². The van der Waals surface area contributed by atoms with Crippen LogP contribution in [0.15, 0.2) is 12.1 Å². The van der Waals surface area contributed by atoms with Crippen molar-refractivity contribution in [1.82, 2.24) is 4.98 Å². The van der Waals surface area contributed by atoms with Crippen LogP contribution in [0, 0.1) is 12.8 Å².